The Morgan fingerprint density at radius 3 is 2.00 bits per heavy atom. The molecule has 0 aliphatic carbocycles. The zero-order valence-electron chi connectivity index (χ0n) is 12.6. The summed E-state index contributed by atoms with van der Waals surface area (Å²) in [6, 6.07) is 3.23. The van der Waals surface area contributed by atoms with Crippen LogP contribution in [0.25, 0.3) is 0 Å². The van der Waals surface area contributed by atoms with Crippen LogP contribution in [0.2, 0.25) is 0 Å². The molecule has 0 atom stereocenters. The summed E-state index contributed by atoms with van der Waals surface area (Å²) >= 11 is 6.63. The number of nitrogens with two attached hydrogens (primary N) is 1. The minimum atomic E-state index is -3.56. The van der Waals surface area contributed by atoms with Crippen LogP contribution < -0.4 is 5.73 Å². The maximum atomic E-state index is 12.9. The largest absolute Gasteiger partial charge is 0.399 e. The lowest BCUT2D eigenvalue weighted by Gasteiger charge is -2.26. The zero-order chi connectivity index (χ0) is 16.2. The van der Waals surface area contributed by atoms with E-state index in [1.165, 1.54) is 4.31 Å². The molecule has 1 aromatic rings. The van der Waals surface area contributed by atoms with Crippen molar-refractivity contribution in [1.82, 2.24) is 4.31 Å². The number of benzene rings is 1. The lowest BCUT2D eigenvalue weighted by Crippen LogP contribution is -2.35. The van der Waals surface area contributed by atoms with Crippen molar-refractivity contribution >= 4 is 47.6 Å². The quantitative estimate of drug-likeness (QED) is 0.643. The van der Waals surface area contributed by atoms with Crippen LogP contribution in [0.3, 0.4) is 0 Å². The van der Waals surface area contributed by atoms with Crippen molar-refractivity contribution in [3.63, 3.8) is 0 Å². The lowest BCUT2D eigenvalue weighted by atomic mass is 10.0. The van der Waals surface area contributed by atoms with Gasteiger partial charge in [-0.2, -0.15) is 4.31 Å². The van der Waals surface area contributed by atoms with Gasteiger partial charge in [0.15, 0.2) is 0 Å². The summed E-state index contributed by atoms with van der Waals surface area (Å²) in [7, 11) is -3.56. The van der Waals surface area contributed by atoms with E-state index in [0.29, 0.717) is 33.6 Å². The average Bonchev–Trinajstić information content (AvgIpc) is 2.38. The molecule has 0 saturated heterocycles. The Morgan fingerprint density at radius 2 is 1.62 bits per heavy atom. The molecule has 0 amide bonds. The first-order valence-corrected chi connectivity index (χ1v) is 10.0. The molecule has 21 heavy (non-hydrogen) atoms. The summed E-state index contributed by atoms with van der Waals surface area (Å²) in [5.41, 5.74) is 6.25. The van der Waals surface area contributed by atoms with E-state index >= 15 is 0 Å². The van der Waals surface area contributed by atoms with E-state index < -0.39 is 10.0 Å². The van der Waals surface area contributed by atoms with Gasteiger partial charge in [-0.25, -0.2) is 8.42 Å². The fourth-order valence-electron chi connectivity index (χ4n) is 2.19. The van der Waals surface area contributed by atoms with Crippen molar-refractivity contribution < 1.29 is 8.42 Å². The van der Waals surface area contributed by atoms with Crippen molar-refractivity contribution in [3.05, 3.63) is 21.1 Å². The summed E-state index contributed by atoms with van der Waals surface area (Å²) in [6.45, 7) is 7.02. The SMILES string of the molecule is CCC(CC)CN(CC)S(=O)(=O)c1c(Br)cc(N)cc1Br. The van der Waals surface area contributed by atoms with Gasteiger partial charge in [0.1, 0.15) is 4.90 Å². The first-order chi connectivity index (χ1) is 9.77. The van der Waals surface area contributed by atoms with Gasteiger partial charge in [0.2, 0.25) is 10.0 Å². The number of rotatable bonds is 7. The van der Waals surface area contributed by atoms with Gasteiger partial charge in [-0.05, 0) is 49.9 Å². The van der Waals surface area contributed by atoms with E-state index in [-0.39, 0.29) is 4.90 Å². The minimum Gasteiger partial charge on any atom is -0.399 e. The van der Waals surface area contributed by atoms with Gasteiger partial charge in [0.05, 0.1) is 0 Å². The van der Waals surface area contributed by atoms with E-state index in [1.807, 2.05) is 6.92 Å². The summed E-state index contributed by atoms with van der Waals surface area (Å²) < 4.78 is 28.3. The Hall–Kier alpha value is -0.110. The fraction of sp³-hybridized carbons (Fsp3) is 0.571. The highest BCUT2D eigenvalue weighted by atomic mass is 79.9. The summed E-state index contributed by atoms with van der Waals surface area (Å²) in [5.74, 6) is 0.367. The van der Waals surface area contributed by atoms with Crippen LogP contribution in [0.15, 0.2) is 26.0 Å². The van der Waals surface area contributed by atoms with Crippen LogP contribution in [0.1, 0.15) is 33.6 Å². The highest BCUT2D eigenvalue weighted by molar-refractivity contribution is 9.11. The molecule has 0 heterocycles. The highest BCUT2D eigenvalue weighted by Gasteiger charge is 2.29. The third kappa shape index (κ3) is 4.43. The molecule has 4 nitrogen and oxygen atoms in total. The van der Waals surface area contributed by atoms with Gasteiger partial charge < -0.3 is 5.73 Å². The molecule has 0 aliphatic heterocycles. The predicted molar refractivity (Wildman–Crippen MR) is 94.8 cm³/mol. The molecular weight excluding hydrogens is 420 g/mol. The van der Waals surface area contributed by atoms with E-state index in [1.54, 1.807) is 12.1 Å². The van der Waals surface area contributed by atoms with Gasteiger partial charge in [-0.15, -0.1) is 0 Å². The molecule has 0 fully saturated rings. The van der Waals surface area contributed by atoms with Crippen molar-refractivity contribution in [2.24, 2.45) is 5.92 Å². The third-order valence-electron chi connectivity index (χ3n) is 3.59. The summed E-state index contributed by atoms with van der Waals surface area (Å²) in [6.07, 6.45) is 1.93. The van der Waals surface area contributed by atoms with Crippen molar-refractivity contribution in [2.75, 3.05) is 18.8 Å². The van der Waals surface area contributed by atoms with Crippen LogP contribution in [-0.2, 0) is 10.0 Å². The Labute approximate surface area is 144 Å². The molecule has 1 aromatic carbocycles. The lowest BCUT2D eigenvalue weighted by molar-refractivity contribution is 0.339. The van der Waals surface area contributed by atoms with E-state index in [0.717, 1.165) is 12.8 Å². The van der Waals surface area contributed by atoms with Gasteiger partial charge in [-0.1, -0.05) is 33.6 Å². The number of anilines is 1. The van der Waals surface area contributed by atoms with Crippen LogP contribution in [0, 0.1) is 5.92 Å². The van der Waals surface area contributed by atoms with E-state index in [9.17, 15) is 8.42 Å². The second kappa shape index (κ2) is 7.94. The number of nitrogens with zero attached hydrogens (tertiary/aromatic N) is 1. The van der Waals surface area contributed by atoms with Crippen LogP contribution in [0.4, 0.5) is 5.69 Å². The molecule has 120 valence electrons. The second-order valence-corrected chi connectivity index (χ2v) is 8.54. The van der Waals surface area contributed by atoms with Gasteiger partial charge in [0, 0.05) is 27.7 Å². The number of hydrogen-bond acceptors (Lipinski definition) is 3. The smallest absolute Gasteiger partial charge is 0.245 e. The van der Waals surface area contributed by atoms with Crippen LogP contribution in [-0.4, -0.2) is 25.8 Å². The predicted octanol–water partition coefficient (Wildman–Crippen LogP) is 4.24. The molecule has 1 rings (SSSR count). The van der Waals surface area contributed by atoms with Crippen molar-refractivity contribution in [1.29, 1.82) is 0 Å². The van der Waals surface area contributed by atoms with E-state index in [4.69, 9.17) is 5.73 Å². The normalized spacial score (nSPS) is 12.3. The number of halogens is 2. The van der Waals surface area contributed by atoms with E-state index in [2.05, 4.69) is 45.7 Å². The van der Waals surface area contributed by atoms with Crippen LogP contribution in [0.5, 0.6) is 0 Å². The molecule has 0 radical (unpaired) electrons. The Bertz CT molecular complexity index is 564. The fourth-order valence-corrected chi connectivity index (χ4v) is 6.25. The average molecular weight is 442 g/mol. The Kier molecular flexibility index (Phi) is 7.16. The Morgan fingerprint density at radius 1 is 1.14 bits per heavy atom. The number of hydrogen-bond donors (Lipinski definition) is 1. The first kappa shape index (κ1) is 18.9. The summed E-state index contributed by atoms with van der Waals surface area (Å²) in [5, 5.41) is 0. The maximum Gasteiger partial charge on any atom is 0.245 e. The molecule has 0 saturated carbocycles. The zero-order valence-corrected chi connectivity index (χ0v) is 16.6. The Balaban J connectivity index is 3.25. The standard InChI is InChI=1S/C14H22Br2N2O2S/c1-4-10(5-2)9-18(6-3)21(19,20)14-12(15)7-11(17)8-13(14)16/h7-8,10H,4-6,9,17H2,1-3H3. The van der Waals surface area contributed by atoms with Gasteiger partial charge in [0.25, 0.3) is 0 Å². The third-order valence-corrected chi connectivity index (χ3v) is 7.41. The molecule has 2 N–H and O–H groups in total. The van der Waals surface area contributed by atoms with Crippen molar-refractivity contribution in [2.45, 2.75) is 38.5 Å². The molecule has 0 unspecified atom stereocenters. The molecule has 0 aromatic heterocycles. The topological polar surface area (TPSA) is 63.4 Å². The second-order valence-electron chi connectivity index (χ2n) is 4.95. The first-order valence-electron chi connectivity index (χ1n) is 7.02. The van der Waals surface area contributed by atoms with Crippen LogP contribution >= 0.6 is 31.9 Å². The molecule has 7 heteroatoms. The molecule has 0 aliphatic rings. The summed E-state index contributed by atoms with van der Waals surface area (Å²) in [4.78, 5) is 0.240. The maximum absolute atomic E-state index is 12.9. The van der Waals surface area contributed by atoms with Crippen molar-refractivity contribution in [3.8, 4) is 0 Å². The molecular formula is C14H22Br2N2O2S. The number of sulfonamides is 1. The van der Waals surface area contributed by atoms with Gasteiger partial charge >= 0.3 is 0 Å². The number of nitrogen functional groups attached to an aromatic ring is 1. The monoisotopic (exact) mass is 440 g/mol. The molecule has 0 bridgehead atoms. The highest BCUT2D eigenvalue weighted by Crippen LogP contribution is 2.34. The molecule has 0 spiro atoms. The van der Waals surface area contributed by atoms with Gasteiger partial charge in [-0.3, -0.25) is 0 Å². The minimum absolute atomic E-state index is 0.240.